The molecule has 44 heavy (non-hydrogen) atoms. The van der Waals surface area contributed by atoms with Gasteiger partial charge in [0.25, 0.3) is 0 Å². The van der Waals surface area contributed by atoms with Crippen molar-refractivity contribution in [1.29, 1.82) is 0 Å². The number of aliphatic hydroxyl groups excluding tert-OH is 13. The minimum atomic E-state index is -2.10. The van der Waals surface area contributed by atoms with Crippen LogP contribution < -0.4 is 5.32 Å². The lowest BCUT2D eigenvalue weighted by Gasteiger charge is -2.48. The highest BCUT2D eigenvalue weighted by Gasteiger charge is 2.52. The van der Waals surface area contributed by atoms with E-state index in [1.807, 2.05) is 0 Å². The van der Waals surface area contributed by atoms with E-state index in [0.29, 0.717) is 0 Å². The molecule has 2 saturated heterocycles. The lowest BCUT2D eigenvalue weighted by atomic mass is 9.86. The van der Waals surface area contributed by atoms with Crippen molar-refractivity contribution >= 4 is 6.29 Å². The van der Waals surface area contributed by atoms with Crippen LogP contribution in [0.4, 0.5) is 0 Å². The van der Waals surface area contributed by atoms with Gasteiger partial charge in [0.1, 0.15) is 79.4 Å². The average Bonchev–Trinajstić information content (AvgIpc) is 3.02. The lowest BCUT2D eigenvalue weighted by Crippen LogP contribution is -2.68. The van der Waals surface area contributed by atoms with Gasteiger partial charge >= 0.3 is 0 Å². The summed E-state index contributed by atoms with van der Waals surface area (Å²) in [5, 5.41) is 135. The molecule has 0 radical (unpaired) electrons. The monoisotopic (exact) mass is 645 g/mol. The molecule has 18 atom stereocenters. The highest BCUT2D eigenvalue weighted by atomic mass is 16.7. The van der Waals surface area contributed by atoms with Crippen molar-refractivity contribution < 1.29 is 90.1 Å². The number of hydrogen-bond acceptors (Lipinski definition) is 19. The molecule has 0 aromatic carbocycles. The molecule has 0 unspecified atom stereocenters. The summed E-state index contributed by atoms with van der Waals surface area (Å²) in [5.41, 5.74) is 0.00900. The van der Waals surface area contributed by atoms with Crippen LogP contribution in [0.1, 0.15) is 6.92 Å². The molecule has 0 amide bonds. The van der Waals surface area contributed by atoms with Crippen LogP contribution in [0.2, 0.25) is 0 Å². The molecule has 256 valence electrons. The van der Waals surface area contributed by atoms with Crippen LogP contribution in [0.3, 0.4) is 0 Å². The van der Waals surface area contributed by atoms with E-state index in [-0.39, 0.29) is 11.9 Å². The van der Waals surface area contributed by atoms with Crippen LogP contribution in [0.25, 0.3) is 0 Å². The van der Waals surface area contributed by atoms with E-state index in [4.69, 9.17) is 18.9 Å². The summed E-state index contributed by atoms with van der Waals surface area (Å²) in [7, 11) is 0. The molecule has 0 saturated carbocycles. The van der Waals surface area contributed by atoms with E-state index in [1.54, 1.807) is 0 Å². The Balaban J connectivity index is 1.71. The van der Waals surface area contributed by atoms with Gasteiger partial charge in [-0.15, -0.1) is 0 Å². The second-order valence-corrected chi connectivity index (χ2v) is 11.0. The first kappa shape index (κ1) is 37.2. The van der Waals surface area contributed by atoms with Gasteiger partial charge in [-0.1, -0.05) is 6.08 Å². The van der Waals surface area contributed by atoms with Gasteiger partial charge < -0.3 is 95.4 Å². The smallest absolute Gasteiger partial charge is 0.187 e. The molecule has 2 heterocycles. The van der Waals surface area contributed by atoms with E-state index in [1.165, 1.54) is 13.0 Å². The third-order valence-corrected chi connectivity index (χ3v) is 8.03. The van der Waals surface area contributed by atoms with Crippen molar-refractivity contribution in [1.82, 2.24) is 5.32 Å². The van der Waals surface area contributed by atoms with Crippen molar-refractivity contribution in [3.05, 3.63) is 11.6 Å². The van der Waals surface area contributed by atoms with Gasteiger partial charge in [0, 0.05) is 0 Å². The first-order valence-electron chi connectivity index (χ1n) is 13.9. The normalized spacial score (nSPS) is 44.4. The summed E-state index contributed by atoms with van der Waals surface area (Å²) in [4.78, 5) is 10.9. The summed E-state index contributed by atoms with van der Waals surface area (Å²) in [6, 6.07) is -2.21. The molecule has 3 aliphatic rings. The van der Waals surface area contributed by atoms with E-state index in [0.717, 1.165) is 0 Å². The number of carbonyl (C=O) groups is 1. The average molecular weight is 646 g/mol. The number of ether oxygens (including phenoxy) is 4. The molecule has 19 heteroatoms. The van der Waals surface area contributed by atoms with E-state index < -0.39 is 130 Å². The molecule has 0 aromatic rings. The highest BCUT2D eigenvalue weighted by Crippen LogP contribution is 2.31. The molecule has 14 N–H and O–H groups in total. The molecular formula is C25H43NO18. The summed E-state index contributed by atoms with van der Waals surface area (Å²) in [5.74, 6) is 0. The molecule has 1 aliphatic carbocycles. The molecule has 0 spiro atoms. The van der Waals surface area contributed by atoms with E-state index in [2.05, 4.69) is 5.32 Å². The van der Waals surface area contributed by atoms with Gasteiger partial charge in [-0.2, -0.15) is 0 Å². The number of aldehydes is 1. The third kappa shape index (κ3) is 7.79. The van der Waals surface area contributed by atoms with Crippen LogP contribution in [-0.4, -0.2) is 203 Å². The molecule has 0 bridgehead atoms. The fourth-order valence-corrected chi connectivity index (χ4v) is 5.36. The minimum Gasteiger partial charge on any atom is -0.394 e. The summed E-state index contributed by atoms with van der Waals surface area (Å²) < 4.78 is 22.0. The Labute approximate surface area is 250 Å². The third-order valence-electron chi connectivity index (χ3n) is 8.03. The Morgan fingerprint density at radius 1 is 0.886 bits per heavy atom. The van der Waals surface area contributed by atoms with E-state index >= 15 is 0 Å². The second kappa shape index (κ2) is 16.0. The van der Waals surface area contributed by atoms with Crippen LogP contribution in [-0.2, 0) is 23.7 Å². The maximum atomic E-state index is 10.9. The topological polar surface area (TPSA) is 329 Å². The number of aliphatic hydroxyl groups is 13. The predicted octanol–water partition coefficient (Wildman–Crippen LogP) is -8.72. The molecule has 2 fully saturated rings. The maximum absolute atomic E-state index is 10.9. The SMILES string of the molecule is C[C@H]1O[C@H](O[C@H]2[C@H](O)[C@@H](O)[C@@H](O[C@@H]([C@H](O)[C@@H](O)C=O)[C@H](O)CO)O[C@@H]2CO)[C@H](O)[C@@H](O)[C@H]1N[C@H]1C=C(CO)[C@@H](O)[C@H](O)[C@H]1O. The molecule has 3 rings (SSSR count). The van der Waals surface area contributed by atoms with Gasteiger partial charge in [-0.05, 0) is 12.5 Å². The lowest BCUT2D eigenvalue weighted by molar-refractivity contribution is -0.361. The van der Waals surface area contributed by atoms with Crippen molar-refractivity contribution in [2.24, 2.45) is 0 Å². The van der Waals surface area contributed by atoms with Crippen molar-refractivity contribution in [2.75, 3.05) is 19.8 Å². The number of rotatable bonds is 13. The van der Waals surface area contributed by atoms with Crippen LogP contribution in [0, 0.1) is 0 Å². The predicted molar refractivity (Wildman–Crippen MR) is 139 cm³/mol. The number of nitrogens with one attached hydrogen (secondary N) is 1. The first-order valence-corrected chi connectivity index (χ1v) is 13.9. The zero-order valence-corrected chi connectivity index (χ0v) is 23.5. The van der Waals surface area contributed by atoms with Crippen LogP contribution in [0.15, 0.2) is 11.6 Å². The molecule has 19 nitrogen and oxygen atoms in total. The largest absolute Gasteiger partial charge is 0.394 e. The minimum absolute atomic E-state index is 0.00900. The van der Waals surface area contributed by atoms with Crippen molar-refractivity contribution in [3.8, 4) is 0 Å². The Hall–Kier alpha value is -1.31. The summed E-state index contributed by atoms with van der Waals surface area (Å²) in [6.07, 6.45) is -26.8. The zero-order chi connectivity index (χ0) is 33.0. The fourth-order valence-electron chi connectivity index (χ4n) is 5.36. The van der Waals surface area contributed by atoms with Crippen LogP contribution in [0.5, 0.6) is 0 Å². The van der Waals surface area contributed by atoms with Gasteiger partial charge in [0.2, 0.25) is 0 Å². The van der Waals surface area contributed by atoms with Crippen LogP contribution >= 0.6 is 0 Å². The standard InChI is InChI=1S/C25H43NO18/c1-7-13(26-9-2-8(3-27)14(33)18(37)15(9)34)17(36)20(39)24(41-7)44-23-12(6-30)42-25(21(40)19(23)38)43-22(11(32)5-29)16(35)10(31)4-28/h2,4,7,9-27,29-40H,3,5-6H2,1H3/t7-,9+,10+,11-,12-,13+,14-,15+,16-,17+,18+,19-,20-,21-,22-,23-,24-,25-/m1/s1. The second-order valence-electron chi connectivity index (χ2n) is 11.0. The quantitative estimate of drug-likeness (QED) is 0.0653. The number of carbonyl (C=O) groups excluding carboxylic acids is 1. The first-order chi connectivity index (χ1) is 20.7. The summed E-state index contributed by atoms with van der Waals surface area (Å²) >= 11 is 0. The Morgan fingerprint density at radius 3 is 2.09 bits per heavy atom. The van der Waals surface area contributed by atoms with Crippen molar-refractivity contribution in [2.45, 2.75) is 117 Å². The Bertz CT molecular complexity index is 943. The van der Waals surface area contributed by atoms with Gasteiger partial charge in [0.15, 0.2) is 18.9 Å². The van der Waals surface area contributed by atoms with Gasteiger partial charge in [-0.25, -0.2) is 0 Å². The zero-order valence-electron chi connectivity index (χ0n) is 23.5. The fraction of sp³-hybridized carbons (Fsp3) is 0.880. The van der Waals surface area contributed by atoms with E-state index in [9.17, 15) is 71.2 Å². The Morgan fingerprint density at radius 2 is 1.52 bits per heavy atom. The highest BCUT2D eigenvalue weighted by molar-refractivity contribution is 5.56. The van der Waals surface area contributed by atoms with Gasteiger partial charge in [-0.3, -0.25) is 0 Å². The van der Waals surface area contributed by atoms with Crippen molar-refractivity contribution in [3.63, 3.8) is 0 Å². The molecule has 0 aromatic heterocycles. The molecular weight excluding hydrogens is 602 g/mol. The Kier molecular flexibility index (Phi) is 13.5. The number of hydrogen-bond donors (Lipinski definition) is 14. The summed E-state index contributed by atoms with van der Waals surface area (Å²) in [6.45, 7) is -1.08. The van der Waals surface area contributed by atoms with Gasteiger partial charge in [0.05, 0.1) is 38.0 Å². The maximum Gasteiger partial charge on any atom is 0.187 e. The molecule has 2 aliphatic heterocycles.